The van der Waals surface area contributed by atoms with E-state index in [1.54, 1.807) is 24.3 Å². The highest BCUT2D eigenvalue weighted by atomic mass is 32.2. The molecule has 3 aromatic rings. The highest BCUT2D eigenvalue weighted by Crippen LogP contribution is 2.31. The molecule has 3 aromatic heterocycles. The van der Waals surface area contributed by atoms with Gasteiger partial charge in [0.2, 0.25) is 5.91 Å². The molecule has 4 rings (SSSR count). The van der Waals surface area contributed by atoms with Crippen molar-refractivity contribution in [3.05, 3.63) is 32.8 Å². The first kappa shape index (κ1) is 24.9. The van der Waals surface area contributed by atoms with Crippen LogP contribution < -0.4 is 5.32 Å². The fourth-order valence-electron chi connectivity index (χ4n) is 3.71. The summed E-state index contributed by atoms with van der Waals surface area (Å²) >= 11 is 4.40. The molecule has 1 atom stereocenters. The first-order valence-electron chi connectivity index (χ1n) is 11.3. The van der Waals surface area contributed by atoms with Crippen molar-refractivity contribution >= 4 is 51.3 Å². The zero-order chi connectivity index (χ0) is 24.1. The largest absolute Gasteiger partial charge is 0.462 e. The molecule has 0 radical (unpaired) electrons. The molecule has 1 aliphatic rings. The summed E-state index contributed by atoms with van der Waals surface area (Å²) in [4.78, 5) is 27.2. The van der Waals surface area contributed by atoms with E-state index in [0.717, 1.165) is 42.1 Å². The molecule has 34 heavy (non-hydrogen) atoms. The van der Waals surface area contributed by atoms with Gasteiger partial charge in [0.1, 0.15) is 5.00 Å². The Bertz CT molecular complexity index is 1150. The number of aryl methyl sites for hydroxylation is 2. The second-order valence-corrected chi connectivity index (χ2v) is 11.1. The van der Waals surface area contributed by atoms with Gasteiger partial charge in [-0.25, -0.2) is 4.79 Å². The predicted molar refractivity (Wildman–Crippen MR) is 136 cm³/mol. The van der Waals surface area contributed by atoms with Crippen LogP contribution >= 0.6 is 34.4 Å². The molecule has 11 heteroatoms. The third-order valence-corrected chi connectivity index (χ3v) is 8.34. The molecule has 182 valence electrons. The van der Waals surface area contributed by atoms with Crippen LogP contribution in [-0.2, 0) is 27.2 Å². The molecule has 8 nitrogen and oxygen atoms in total. The average molecular weight is 521 g/mol. The van der Waals surface area contributed by atoms with Gasteiger partial charge in [-0.1, -0.05) is 18.7 Å². The SMILES string of the molecule is CCOC(=O)c1cc(C)sc1NC(=O)CSc1nnc(-c2csc(CC)c2)n1CC1CCCO1. The minimum absolute atomic E-state index is 0.119. The Labute approximate surface area is 211 Å². The van der Waals surface area contributed by atoms with Gasteiger partial charge in [-0.15, -0.1) is 32.9 Å². The number of esters is 1. The molecule has 1 aliphatic heterocycles. The van der Waals surface area contributed by atoms with E-state index in [4.69, 9.17) is 9.47 Å². The molecule has 0 aromatic carbocycles. The van der Waals surface area contributed by atoms with Crippen LogP contribution in [0.25, 0.3) is 11.4 Å². The Morgan fingerprint density at radius 1 is 1.32 bits per heavy atom. The minimum Gasteiger partial charge on any atom is -0.462 e. The molecular weight excluding hydrogens is 492 g/mol. The van der Waals surface area contributed by atoms with Crippen molar-refractivity contribution in [2.24, 2.45) is 0 Å². The normalized spacial score (nSPS) is 15.6. The average Bonchev–Trinajstić information content (AvgIpc) is 3.60. The van der Waals surface area contributed by atoms with Crippen LogP contribution in [-0.4, -0.2) is 51.7 Å². The number of thioether (sulfide) groups is 1. The van der Waals surface area contributed by atoms with Crippen LogP contribution in [0.2, 0.25) is 0 Å². The summed E-state index contributed by atoms with van der Waals surface area (Å²) in [7, 11) is 0. The summed E-state index contributed by atoms with van der Waals surface area (Å²) in [6.07, 6.45) is 3.14. The smallest absolute Gasteiger partial charge is 0.341 e. The fourth-order valence-corrected chi connectivity index (χ4v) is 6.19. The monoisotopic (exact) mass is 520 g/mol. The lowest BCUT2D eigenvalue weighted by Gasteiger charge is -2.14. The lowest BCUT2D eigenvalue weighted by Crippen LogP contribution is -2.18. The van der Waals surface area contributed by atoms with Crippen molar-refractivity contribution in [2.45, 2.75) is 57.8 Å². The van der Waals surface area contributed by atoms with Crippen molar-refractivity contribution in [2.75, 3.05) is 24.3 Å². The Morgan fingerprint density at radius 3 is 2.88 bits per heavy atom. The summed E-state index contributed by atoms with van der Waals surface area (Å²) in [5.74, 6) is 0.299. The molecule has 0 spiro atoms. The number of anilines is 1. The number of nitrogens with one attached hydrogen (secondary N) is 1. The first-order valence-corrected chi connectivity index (χ1v) is 14.0. The van der Waals surface area contributed by atoms with Crippen LogP contribution in [0.5, 0.6) is 0 Å². The van der Waals surface area contributed by atoms with Gasteiger partial charge in [0.15, 0.2) is 11.0 Å². The molecule has 0 saturated carbocycles. The predicted octanol–water partition coefficient (Wildman–Crippen LogP) is 5.03. The first-order chi connectivity index (χ1) is 16.5. The second-order valence-electron chi connectivity index (χ2n) is 7.86. The molecule has 4 heterocycles. The van der Waals surface area contributed by atoms with Crippen molar-refractivity contribution in [1.82, 2.24) is 14.8 Å². The molecule has 0 aliphatic carbocycles. The molecular formula is C23H28N4O4S3. The van der Waals surface area contributed by atoms with E-state index in [1.807, 2.05) is 6.92 Å². The van der Waals surface area contributed by atoms with Crippen molar-refractivity contribution < 1.29 is 19.1 Å². The molecule has 0 bridgehead atoms. The Morgan fingerprint density at radius 2 is 2.18 bits per heavy atom. The number of hydrogen-bond donors (Lipinski definition) is 1. The maximum Gasteiger partial charge on any atom is 0.341 e. The third-order valence-electron chi connectivity index (χ3n) is 5.32. The topological polar surface area (TPSA) is 95.3 Å². The number of aromatic nitrogens is 3. The van der Waals surface area contributed by atoms with Crippen LogP contribution in [0, 0.1) is 6.92 Å². The second kappa shape index (κ2) is 11.5. The summed E-state index contributed by atoms with van der Waals surface area (Å²) in [5.41, 5.74) is 1.42. The number of ether oxygens (including phenoxy) is 2. The zero-order valence-electron chi connectivity index (χ0n) is 19.5. The van der Waals surface area contributed by atoms with Crippen LogP contribution in [0.4, 0.5) is 5.00 Å². The van der Waals surface area contributed by atoms with Gasteiger partial charge in [-0.3, -0.25) is 9.36 Å². The van der Waals surface area contributed by atoms with E-state index < -0.39 is 5.97 Å². The lowest BCUT2D eigenvalue weighted by atomic mass is 10.2. The molecule has 1 saturated heterocycles. The maximum atomic E-state index is 12.7. The minimum atomic E-state index is -0.432. The Kier molecular flexibility index (Phi) is 8.41. The number of nitrogens with zero attached hydrogens (tertiary/aromatic N) is 3. The van der Waals surface area contributed by atoms with Gasteiger partial charge in [0.05, 0.1) is 30.6 Å². The highest BCUT2D eigenvalue weighted by Gasteiger charge is 2.23. The number of carbonyl (C=O) groups is 2. The number of amides is 1. The molecule has 1 amide bonds. The lowest BCUT2D eigenvalue weighted by molar-refractivity contribution is -0.113. The van der Waals surface area contributed by atoms with Crippen LogP contribution in [0.15, 0.2) is 22.7 Å². The summed E-state index contributed by atoms with van der Waals surface area (Å²) in [5, 5.41) is 15.0. The van der Waals surface area contributed by atoms with Gasteiger partial charge in [0.25, 0.3) is 0 Å². The third kappa shape index (κ3) is 5.88. The number of rotatable bonds is 10. The molecule has 1 N–H and O–H groups in total. The standard InChI is InChI=1S/C23H28N4O4S3/c1-4-17-10-15(12-32-17)20-25-26-23(27(20)11-16-7-6-8-31-16)33-13-19(28)24-21-18(9-14(3)34-21)22(29)30-5-2/h9-10,12,16H,4-8,11,13H2,1-3H3,(H,24,28). The van der Waals surface area contributed by atoms with E-state index in [9.17, 15) is 9.59 Å². The summed E-state index contributed by atoms with van der Waals surface area (Å²) in [6, 6.07) is 3.89. The van der Waals surface area contributed by atoms with Crippen molar-refractivity contribution in [3.8, 4) is 11.4 Å². The van der Waals surface area contributed by atoms with Crippen molar-refractivity contribution in [3.63, 3.8) is 0 Å². The number of hydrogen-bond acceptors (Lipinski definition) is 9. The van der Waals surface area contributed by atoms with Gasteiger partial charge >= 0.3 is 5.97 Å². The van der Waals surface area contributed by atoms with E-state index >= 15 is 0 Å². The summed E-state index contributed by atoms with van der Waals surface area (Å²) < 4.78 is 13.0. The van der Waals surface area contributed by atoms with E-state index in [-0.39, 0.29) is 24.4 Å². The van der Waals surface area contributed by atoms with Gasteiger partial charge in [0, 0.05) is 27.3 Å². The van der Waals surface area contributed by atoms with Crippen LogP contribution in [0.3, 0.4) is 0 Å². The van der Waals surface area contributed by atoms with Crippen molar-refractivity contribution in [1.29, 1.82) is 0 Å². The quantitative estimate of drug-likeness (QED) is 0.296. The van der Waals surface area contributed by atoms with Crippen LogP contribution in [0.1, 0.15) is 46.8 Å². The molecule has 1 unspecified atom stereocenters. The maximum absolute atomic E-state index is 12.7. The van der Waals surface area contributed by atoms with Gasteiger partial charge < -0.3 is 14.8 Å². The highest BCUT2D eigenvalue weighted by molar-refractivity contribution is 7.99. The van der Waals surface area contributed by atoms with E-state index in [1.165, 1.54) is 28.0 Å². The summed E-state index contributed by atoms with van der Waals surface area (Å²) in [6.45, 7) is 7.49. The van der Waals surface area contributed by atoms with E-state index in [2.05, 4.69) is 38.5 Å². The zero-order valence-corrected chi connectivity index (χ0v) is 21.9. The number of carbonyl (C=O) groups excluding carboxylic acids is 2. The van der Waals surface area contributed by atoms with Gasteiger partial charge in [-0.05, 0) is 45.2 Å². The van der Waals surface area contributed by atoms with E-state index in [0.29, 0.717) is 22.3 Å². The number of thiophene rings is 2. The Balaban J connectivity index is 1.48. The Hall–Kier alpha value is -2.21. The fraction of sp³-hybridized carbons (Fsp3) is 0.478. The van der Waals surface area contributed by atoms with Gasteiger partial charge in [-0.2, -0.15) is 0 Å². The molecule has 1 fully saturated rings.